The summed E-state index contributed by atoms with van der Waals surface area (Å²) in [4.78, 5) is 13.9. The zero-order valence-electron chi connectivity index (χ0n) is 17.3. The largest absolute Gasteiger partial charge is 0.497 e. The first kappa shape index (κ1) is 21.3. The van der Waals surface area contributed by atoms with Crippen molar-refractivity contribution in [3.8, 4) is 5.75 Å². The van der Waals surface area contributed by atoms with E-state index in [1.54, 1.807) is 7.11 Å². The van der Waals surface area contributed by atoms with Crippen LogP contribution in [0.15, 0.2) is 48.5 Å². The second kappa shape index (κ2) is 9.45. The van der Waals surface area contributed by atoms with Gasteiger partial charge in [-0.05, 0) is 71.8 Å². The first-order valence-electron chi connectivity index (χ1n) is 10.2. The zero-order valence-corrected chi connectivity index (χ0v) is 18.1. The second-order valence-electron chi connectivity index (χ2n) is 7.71. The van der Waals surface area contributed by atoms with Crippen LogP contribution in [0.3, 0.4) is 0 Å². The molecular formula is C22H25ClN6O2. The number of nitrogens with zero attached hydrogens (tertiary/aromatic N) is 5. The number of hydrogen-bond acceptors (Lipinski definition) is 6. The Hall–Kier alpha value is -2.97. The summed E-state index contributed by atoms with van der Waals surface area (Å²) >= 11 is 6.12. The molecule has 1 aliphatic heterocycles. The van der Waals surface area contributed by atoms with Gasteiger partial charge in [0.25, 0.3) is 0 Å². The van der Waals surface area contributed by atoms with Crippen LogP contribution in [0.4, 0.5) is 0 Å². The molecule has 2 aromatic carbocycles. The van der Waals surface area contributed by atoms with E-state index in [2.05, 4.69) is 20.4 Å². The van der Waals surface area contributed by atoms with Crippen LogP contribution in [0.25, 0.3) is 0 Å². The van der Waals surface area contributed by atoms with E-state index >= 15 is 0 Å². The third-order valence-corrected chi connectivity index (χ3v) is 6.03. The Morgan fingerprint density at radius 3 is 2.45 bits per heavy atom. The monoisotopic (exact) mass is 440 g/mol. The van der Waals surface area contributed by atoms with Gasteiger partial charge in [-0.3, -0.25) is 9.69 Å². The topological polar surface area (TPSA) is 99.2 Å². The van der Waals surface area contributed by atoms with Gasteiger partial charge in [0.15, 0.2) is 5.82 Å². The molecule has 1 atom stereocenters. The molecule has 0 spiro atoms. The number of primary amides is 1. The lowest BCUT2D eigenvalue weighted by atomic mass is 9.93. The molecule has 8 nitrogen and oxygen atoms in total. The molecular weight excluding hydrogens is 416 g/mol. The average Bonchev–Trinajstić information content (AvgIpc) is 3.24. The summed E-state index contributed by atoms with van der Waals surface area (Å²) in [5, 5.41) is 13.3. The maximum atomic E-state index is 11.6. The molecule has 1 aliphatic rings. The predicted molar refractivity (Wildman–Crippen MR) is 117 cm³/mol. The van der Waals surface area contributed by atoms with Crippen LogP contribution in [0.1, 0.15) is 35.8 Å². The summed E-state index contributed by atoms with van der Waals surface area (Å²) in [6.07, 6.45) is 1.44. The fraction of sp³-hybridized carbons (Fsp3) is 0.364. The van der Waals surface area contributed by atoms with Crippen molar-refractivity contribution in [2.75, 3.05) is 20.2 Å². The Bertz CT molecular complexity index is 1010. The summed E-state index contributed by atoms with van der Waals surface area (Å²) in [6.45, 7) is 2.00. The fourth-order valence-corrected chi connectivity index (χ4v) is 4.16. The number of rotatable bonds is 7. The van der Waals surface area contributed by atoms with E-state index in [0.717, 1.165) is 48.6 Å². The molecule has 1 aromatic heterocycles. The summed E-state index contributed by atoms with van der Waals surface area (Å²) in [6, 6.07) is 15.4. The van der Waals surface area contributed by atoms with Crippen LogP contribution in [0.2, 0.25) is 5.02 Å². The Morgan fingerprint density at radius 2 is 1.84 bits per heavy atom. The molecule has 0 aliphatic carbocycles. The van der Waals surface area contributed by atoms with E-state index in [9.17, 15) is 4.79 Å². The second-order valence-corrected chi connectivity index (χ2v) is 8.15. The van der Waals surface area contributed by atoms with Crippen LogP contribution in [0, 0.1) is 5.92 Å². The molecule has 1 unspecified atom stereocenters. The van der Waals surface area contributed by atoms with Crippen LogP contribution >= 0.6 is 11.6 Å². The molecule has 4 rings (SSSR count). The Kier molecular flexibility index (Phi) is 6.48. The Balaban J connectivity index is 1.63. The summed E-state index contributed by atoms with van der Waals surface area (Å²) in [5.41, 5.74) is 7.64. The minimum Gasteiger partial charge on any atom is -0.497 e. The van der Waals surface area contributed by atoms with Crippen molar-refractivity contribution in [3.63, 3.8) is 0 Å². The number of carbonyl (C=O) groups excluding carboxylic acids is 1. The summed E-state index contributed by atoms with van der Waals surface area (Å²) in [5.74, 6) is 1.23. The zero-order chi connectivity index (χ0) is 21.8. The SMILES string of the molecule is COc1ccc(Cn2nnnc2C(c2ccc(Cl)cc2)N2CCC(C(N)=O)CC2)cc1. The minimum atomic E-state index is -0.230. The minimum absolute atomic E-state index is 0.0857. The van der Waals surface area contributed by atoms with E-state index < -0.39 is 0 Å². The Morgan fingerprint density at radius 1 is 1.16 bits per heavy atom. The van der Waals surface area contributed by atoms with Crippen LogP contribution in [-0.4, -0.2) is 51.2 Å². The number of amides is 1. The number of methoxy groups -OCH3 is 1. The molecule has 1 fully saturated rings. The third kappa shape index (κ3) is 4.86. The van der Waals surface area contributed by atoms with Crippen molar-refractivity contribution >= 4 is 17.5 Å². The summed E-state index contributed by atoms with van der Waals surface area (Å²) in [7, 11) is 1.65. The number of halogens is 1. The van der Waals surface area contributed by atoms with Crippen molar-refractivity contribution in [2.45, 2.75) is 25.4 Å². The van der Waals surface area contributed by atoms with Gasteiger partial charge in [0.2, 0.25) is 5.91 Å². The van der Waals surface area contributed by atoms with Gasteiger partial charge in [0.1, 0.15) is 5.75 Å². The standard InChI is InChI=1S/C22H25ClN6O2/c1-31-19-8-2-15(3-9-19)14-29-22(25-26-27-29)20(16-4-6-18(23)7-5-16)28-12-10-17(11-13-28)21(24)30/h2-9,17,20H,10-14H2,1H3,(H2,24,30). The number of piperidine rings is 1. The van der Waals surface area contributed by atoms with E-state index in [4.69, 9.17) is 22.1 Å². The lowest BCUT2D eigenvalue weighted by Crippen LogP contribution is -2.41. The van der Waals surface area contributed by atoms with Gasteiger partial charge in [-0.15, -0.1) is 5.10 Å². The highest BCUT2D eigenvalue weighted by Gasteiger charge is 2.32. The van der Waals surface area contributed by atoms with Crippen LogP contribution in [0.5, 0.6) is 5.75 Å². The number of carbonyl (C=O) groups is 1. The number of likely N-dealkylation sites (tertiary alicyclic amines) is 1. The van der Waals surface area contributed by atoms with Gasteiger partial charge in [0, 0.05) is 10.9 Å². The van der Waals surface area contributed by atoms with E-state index in [0.29, 0.717) is 11.6 Å². The molecule has 1 amide bonds. The first-order chi connectivity index (χ1) is 15.0. The highest BCUT2D eigenvalue weighted by atomic mass is 35.5. The number of benzene rings is 2. The molecule has 0 bridgehead atoms. The maximum Gasteiger partial charge on any atom is 0.220 e. The van der Waals surface area contributed by atoms with E-state index in [1.165, 1.54) is 0 Å². The van der Waals surface area contributed by atoms with Gasteiger partial charge in [0.05, 0.1) is 19.7 Å². The summed E-state index contributed by atoms with van der Waals surface area (Å²) < 4.78 is 7.06. The molecule has 0 saturated carbocycles. The molecule has 9 heteroatoms. The van der Waals surface area contributed by atoms with Gasteiger partial charge in [-0.1, -0.05) is 35.9 Å². The van der Waals surface area contributed by atoms with Gasteiger partial charge < -0.3 is 10.5 Å². The molecule has 2 N–H and O–H groups in total. The molecule has 162 valence electrons. The van der Waals surface area contributed by atoms with Gasteiger partial charge in [-0.25, -0.2) is 4.68 Å². The predicted octanol–water partition coefficient (Wildman–Crippen LogP) is 2.67. The normalized spacial score (nSPS) is 16.2. The van der Waals surface area contributed by atoms with Crippen molar-refractivity contribution in [1.29, 1.82) is 0 Å². The molecule has 0 radical (unpaired) electrons. The number of tetrazole rings is 1. The third-order valence-electron chi connectivity index (χ3n) is 5.78. The highest BCUT2D eigenvalue weighted by Crippen LogP contribution is 2.32. The first-order valence-corrected chi connectivity index (χ1v) is 10.6. The average molecular weight is 441 g/mol. The lowest BCUT2D eigenvalue weighted by Gasteiger charge is -2.36. The number of hydrogen-bond donors (Lipinski definition) is 1. The molecule has 31 heavy (non-hydrogen) atoms. The maximum absolute atomic E-state index is 11.6. The van der Waals surface area contributed by atoms with E-state index in [-0.39, 0.29) is 17.9 Å². The van der Waals surface area contributed by atoms with Crippen molar-refractivity contribution in [1.82, 2.24) is 25.1 Å². The fourth-order valence-electron chi connectivity index (χ4n) is 4.03. The van der Waals surface area contributed by atoms with Crippen LogP contribution in [-0.2, 0) is 11.3 Å². The van der Waals surface area contributed by atoms with E-state index in [1.807, 2.05) is 53.2 Å². The molecule has 2 heterocycles. The van der Waals surface area contributed by atoms with Crippen molar-refractivity contribution < 1.29 is 9.53 Å². The number of ether oxygens (including phenoxy) is 1. The highest BCUT2D eigenvalue weighted by molar-refractivity contribution is 6.30. The van der Waals surface area contributed by atoms with Crippen molar-refractivity contribution in [2.24, 2.45) is 11.7 Å². The number of aromatic nitrogens is 4. The molecule has 1 saturated heterocycles. The lowest BCUT2D eigenvalue weighted by molar-refractivity contribution is -0.123. The van der Waals surface area contributed by atoms with Gasteiger partial charge in [-0.2, -0.15) is 0 Å². The molecule has 3 aromatic rings. The number of nitrogens with two attached hydrogens (primary N) is 1. The Labute approximate surface area is 185 Å². The van der Waals surface area contributed by atoms with Crippen LogP contribution < -0.4 is 10.5 Å². The smallest absolute Gasteiger partial charge is 0.220 e. The van der Waals surface area contributed by atoms with Gasteiger partial charge >= 0.3 is 0 Å². The van der Waals surface area contributed by atoms with Crippen molar-refractivity contribution in [3.05, 3.63) is 70.5 Å². The quantitative estimate of drug-likeness (QED) is 0.606.